The van der Waals surface area contributed by atoms with Gasteiger partial charge in [-0.2, -0.15) is 4.31 Å². The Morgan fingerprint density at radius 3 is 2.42 bits per heavy atom. The maximum atomic E-state index is 13.0. The van der Waals surface area contributed by atoms with E-state index < -0.39 is 39.7 Å². The predicted octanol–water partition coefficient (Wildman–Crippen LogP) is 1.45. The Morgan fingerprint density at radius 1 is 1.27 bits per heavy atom. The zero-order chi connectivity index (χ0) is 19.5. The van der Waals surface area contributed by atoms with E-state index in [1.165, 1.54) is 16.4 Å². The number of carboxylic acids is 1. The van der Waals surface area contributed by atoms with Gasteiger partial charge in [-0.15, -0.1) is 0 Å². The second-order valence-corrected chi connectivity index (χ2v) is 8.66. The van der Waals surface area contributed by atoms with E-state index in [1.54, 1.807) is 13.8 Å². The van der Waals surface area contributed by atoms with Gasteiger partial charge in [0.25, 0.3) is 0 Å². The molecule has 0 bridgehead atoms. The van der Waals surface area contributed by atoms with Crippen LogP contribution in [-0.2, 0) is 19.6 Å². The number of rotatable bonds is 6. The molecule has 1 aliphatic heterocycles. The molecule has 0 spiro atoms. The van der Waals surface area contributed by atoms with Crippen molar-refractivity contribution in [1.29, 1.82) is 0 Å². The number of piperidine rings is 1. The Bertz CT molecular complexity index is 764. The highest BCUT2D eigenvalue weighted by molar-refractivity contribution is 7.89. The molecule has 2 N–H and O–H groups in total. The summed E-state index contributed by atoms with van der Waals surface area (Å²) in [4.78, 5) is 23.6. The van der Waals surface area contributed by atoms with Crippen LogP contribution in [-0.4, -0.2) is 48.8 Å². The zero-order valence-corrected chi connectivity index (χ0v) is 15.5. The summed E-state index contributed by atoms with van der Waals surface area (Å²) in [5.74, 6) is -3.04. The van der Waals surface area contributed by atoms with E-state index in [0.717, 1.165) is 12.1 Å². The molecule has 0 unspecified atom stereocenters. The lowest BCUT2D eigenvalue weighted by atomic mass is 9.97. The normalized spacial score (nSPS) is 19.9. The van der Waals surface area contributed by atoms with Gasteiger partial charge in [0.15, 0.2) is 0 Å². The highest BCUT2D eigenvalue weighted by Gasteiger charge is 2.35. The van der Waals surface area contributed by atoms with Gasteiger partial charge in [0, 0.05) is 13.1 Å². The number of benzene rings is 1. The van der Waals surface area contributed by atoms with E-state index in [9.17, 15) is 27.5 Å². The molecular formula is C17H23FN2O5S. The van der Waals surface area contributed by atoms with E-state index in [4.69, 9.17) is 0 Å². The van der Waals surface area contributed by atoms with Crippen molar-refractivity contribution in [1.82, 2.24) is 9.62 Å². The number of carbonyl (C=O) groups excluding carboxylic acids is 1. The van der Waals surface area contributed by atoms with Crippen molar-refractivity contribution in [3.8, 4) is 0 Å². The fourth-order valence-electron chi connectivity index (χ4n) is 2.92. The second-order valence-electron chi connectivity index (χ2n) is 6.72. The highest BCUT2D eigenvalue weighted by Crippen LogP contribution is 2.24. The molecule has 2 atom stereocenters. The molecule has 7 nitrogen and oxygen atoms in total. The largest absolute Gasteiger partial charge is 0.480 e. The van der Waals surface area contributed by atoms with Crippen molar-refractivity contribution in [3.63, 3.8) is 0 Å². The minimum atomic E-state index is -3.84. The molecule has 1 aromatic carbocycles. The van der Waals surface area contributed by atoms with Crippen molar-refractivity contribution in [2.45, 2.75) is 37.6 Å². The van der Waals surface area contributed by atoms with Gasteiger partial charge in [0.2, 0.25) is 15.9 Å². The number of hydrogen-bond donors (Lipinski definition) is 2. The first-order valence-corrected chi connectivity index (χ1v) is 9.86. The molecule has 9 heteroatoms. The smallest absolute Gasteiger partial charge is 0.326 e. The minimum absolute atomic E-state index is 0.0318. The first-order chi connectivity index (χ1) is 12.1. The molecule has 1 heterocycles. The summed E-state index contributed by atoms with van der Waals surface area (Å²) < 4.78 is 39.6. The van der Waals surface area contributed by atoms with E-state index in [2.05, 4.69) is 5.32 Å². The number of halogens is 1. The van der Waals surface area contributed by atoms with Crippen LogP contribution in [0.3, 0.4) is 0 Å². The third-order valence-electron chi connectivity index (χ3n) is 4.44. The number of nitrogens with one attached hydrogen (secondary N) is 1. The Morgan fingerprint density at radius 2 is 1.88 bits per heavy atom. The zero-order valence-electron chi connectivity index (χ0n) is 14.7. The van der Waals surface area contributed by atoms with Crippen LogP contribution in [0, 0.1) is 17.7 Å². The molecule has 0 aromatic heterocycles. The highest BCUT2D eigenvalue weighted by atomic mass is 32.2. The van der Waals surface area contributed by atoms with Crippen molar-refractivity contribution < 1.29 is 27.5 Å². The molecule has 0 radical (unpaired) electrons. The van der Waals surface area contributed by atoms with Gasteiger partial charge in [-0.05, 0) is 43.0 Å². The first kappa shape index (κ1) is 20.3. The summed E-state index contributed by atoms with van der Waals surface area (Å²) in [6, 6.07) is 3.50. The molecule has 1 saturated heterocycles. The van der Waals surface area contributed by atoms with Crippen LogP contribution in [0.5, 0.6) is 0 Å². The predicted molar refractivity (Wildman–Crippen MR) is 92.3 cm³/mol. The number of nitrogens with zero attached hydrogens (tertiary/aromatic N) is 1. The Balaban J connectivity index is 2.12. The van der Waals surface area contributed by atoms with E-state index in [1.807, 2.05) is 0 Å². The van der Waals surface area contributed by atoms with Gasteiger partial charge >= 0.3 is 5.97 Å². The van der Waals surface area contributed by atoms with Crippen molar-refractivity contribution >= 4 is 21.9 Å². The van der Waals surface area contributed by atoms with E-state index >= 15 is 0 Å². The summed E-state index contributed by atoms with van der Waals surface area (Å²) in [7, 11) is -3.84. The average molecular weight is 386 g/mol. The molecule has 0 aliphatic carbocycles. The molecule has 1 aromatic rings. The lowest BCUT2D eigenvalue weighted by Gasteiger charge is -2.32. The maximum absolute atomic E-state index is 13.0. The molecular weight excluding hydrogens is 363 g/mol. The lowest BCUT2D eigenvalue weighted by molar-refractivity contribution is -0.144. The fraction of sp³-hybridized carbons (Fsp3) is 0.529. The summed E-state index contributed by atoms with van der Waals surface area (Å²) >= 11 is 0. The van der Waals surface area contributed by atoms with E-state index in [0.29, 0.717) is 12.8 Å². The molecule has 1 fully saturated rings. The van der Waals surface area contributed by atoms with Crippen LogP contribution in [0.1, 0.15) is 26.7 Å². The van der Waals surface area contributed by atoms with Gasteiger partial charge in [-0.25, -0.2) is 17.6 Å². The Labute approximate surface area is 152 Å². The lowest BCUT2D eigenvalue weighted by Crippen LogP contribution is -2.50. The quantitative estimate of drug-likeness (QED) is 0.770. The van der Waals surface area contributed by atoms with Crippen LogP contribution in [0.4, 0.5) is 4.39 Å². The molecule has 2 rings (SSSR count). The van der Waals surface area contributed by atoms with Gasteiger partial charge in [-0.3, -0.25) is 4.79 Å². The molecule has 1 amide bonds. The molecule has 0 saturated carbocycles. The number of carbonyl (C=O) groups is 2. The average Bonchev–Trinajstić information content (AvgIpc) is 2.59. The van der Waals surface area contributed by atoms with Crippen LogP contribution in [0.15, 0.2) is 29.2 Å². The van der Waals surface area contributed by atoms with Crippen LogP contribution < -0.4 is 5.32 Å². The van der Waals surface area contributed by atoms with Gasteiger partial charge in [-0.1, -0.05) is 13.8 Å². The first-order valence-electron chi connectivity index (χ1n) is 8.42. The summed E-state index contributed by atoms with van der Waals surface area (Å²) in [6.45, 7) is 3.60. The minimum Gasteiger partial charge on any atom is -0.480 e. The number of aliphatic carboxylic acids is 1. The van der Waals surface area contributed by atoms with Crippen LogP contribution >= 0.6 is 0 Å². The number of hydrogen-bond acceptors (Lipinski definition) is 4. The number of sulfonamides is 1. The summed E-state index contributed by atoms with van der Waals surface area (Å²) in [5, 5.41) is 11.7. The van der Waals surface area contributed by atoms with Gasteiger partial charge in [0.1, 0.15) is 11.9 Å². The molecule has 144 valence electrons. The molecule has 1 aliphatic rings. The maximum Gasteiger partial charge on any atom is 0.326 e. The number of carboxylic acid groups (broad SMARTS) is 1. The topological polar surface area (TPSA) is 104 Å². The van der Waals surface area contributed by atoms with Crippen LogP contribution in [0.25, 0.3) is 0 Å². The standard InChI is InChI=1S/C17H23FN2O5S/c1-11(2)15(17(22)23)19-16(21)12-4-3-9-20(10-12)26(24,25)14-7-5-13(18)6-8-14/h5-8,11-12,15H,3-4,9-10H2,1-2H3,(H,19,21)(H,22,23)/t12-,15+/m0/s1. The monoisotopic (exact) mass is 386 g/mol. The second kappa shape index (κ2) is 8.13. The van der Waals surface area contributed by atoms with Crippen molar-refractivity contribution in [2.24, 2.45) is 11.8 Å². The van der Waals surface area contributed by atoms with E-state index in [-0.39, 0.29) is 23.9 Å². The summed E-state index contributed by atoms with van der Waals surface area (Å²) in [6.07, 6.45) is 0.962. The van der Waals surface area contributed by atoms with Crippen molar-refractivity contribution in [2.75, 3.05) is 13.1 Å². The number of amides is 1. The third kappa shape index (κ3) is 4.59. The summed E-state index contributed by atoms with van der Waals surface area (Å²) in [5.41, 5.74) is 0. The fourth-order valence-corrected chi connectivity index (χ4v) is 4.44. The SMILES string of the molecule is CC(C)[C@@H](NC(=O)[C@H]1CCCN(S(=O)(=O)c2ccc(F)cc2)C1)C(=O)O. The Hall–Kier alpha value is -2.00. The van der Waals surface area contributed by atoms with Gasteiger partial charge in [0.05, 0.1) is 10.8 Å². The Kier molecular flexibility index (Phi) is 6.35. The van der Waals surface area contributed by atoms with Gasteiger partial charge < -0.3 is 10.4 Å². The van der Waals surface area contributed by atoms with Crippen molar-refractivity contribution in [3.05, 3.63) is 30.1 Å². The molecule has 26 heavy (non-hydrogen) atoms. The van der Waals surface area contributed by atoms with Crippen LogP contribution in [0.2, 0.25) is 0 Å². The third-order valence-corrected chi connectivity index (χ3v) is 6.32.